The summed E-state index contributed by atoms with van der Waals surface area (Å²) in [6.45, 7) is 3.30. The van der Waals surface area contributed by atoms with Gasteiger partial charge in [0.15, 0.2) is 5.82 Å². The van der Waals surface area contributed by atoms with Crippen molar-refractivity contribution in [3.05, 3.63) is 6.33 Å². The van der Waals surface area contributed by atoms with E-state index in [0.29, 0.717) is 30.4 Å². The normalized spacial score (nSPS) is 9.56. The Labute approximate surface area is 94.7 Å². The molecule has 6 nitrogen and oxygen atoms in total. The van der Waals surface area contributed by atoms with Gasteiger partial charge in [-0.1, -0.05) is 0 Å². The summed E-state index contributed by atoms with van der Waals surface area (Å²) in [5, 5.41) is 8.56. The molecule has 0 aliphatic heterocycles. The molecule has 16 heavy (non-hydrogen) atoms. The van der Waals surface area contributed by atoms with Crippen LogP contribution in [0.1, 0.15) is 13.3 Å². The summed E-state index contributed by atoms with van der Waals surface area (Å²) in [5.74, 6) is 0.977. The number of aromatic nitrogens is 2. The molecule has 0 radical (unpaired) electrons. The Balaban J connectivity index is 2.96. The van der Waals surface area contributed by atoms with Crippen molar-refractivity contribution in [2.75, 3.05) is 30.8 Å². The van der Waals surface area contributed by atoms with Crippen molar-refractivity contribution in [1.29, 1.82) is 5.26 Å². The molecule has 0 saturated carbocycles. The lowest BCUT2D eigenvalue weighted by Gasteiger charge is -2.22. The van der Waals surface area contributed by atoms with E-state index in [1.54, 1.807) is 0 Å². The summed E-state index contributed by atoms with van der Waals surface area (Å²) in [7, 11) is 1.51. The number of nitrogens with two attached hydrogens (primary N) is 1. The number of methoxy groups -OCH3 is 1. The predicted octanol–water partition coefficient (Wildman–Crippen LogP) is 0.807. The third-order valence-electron chi connectivity index (χ3n) is 2.19. The maximum absolute atomic E-state index is 8.56. The zero-order valence-corrected chi connectivity index (χ0v) is 9.47. The van der Waals surface area contributed by atoms with Crippen LogP contribution >= 0.6 is 0 Å². The van der Waals surface area contributed by atoms with Gasteiger partial charge in [-0.3, -0.25) is 0 Å². The van der Waals surface area contributed by atoms with Crippen LogP contribution in [0.5, 0.6) is 5.88 Å². The number of nitriles is 1. The van der Waals surface area contributed by atoms with Gasteiger partial charge in [-0.25, -0.2) is 4.98 Å². The highest BCUT2D eigenvalue weighted by Crippen LogP contribution is 2.27. The topological polar surface area (TPSA) is 88.1 Å². The third kappa shape index (κ3) is 2.51. The molecule has 86 valence electrons. The van der Waals surface area contributed by atoms with Crippen LogP contribution < -0.4 is 15.4 Å². The van der Waals surface area contributed by atoms with Gasteiger partial charge in [0, 0.05) is 13.1 Å². The maximum Gasteiger partial charge on any atom is 0.242 e. The number of ether oxygens (including phenoxy) is 1. The minimum atomic E-state index is 0.361. The van der Waals surface area contributed by atoms with Crippen LogP contribution in [0.15, 0.2) is 6.33 Å². The van der Waals surface area contributed by atoms with Crippen molar-refractivity contribution >= 4 is 11.5 Å². The molecule has 0 atom stereocenters. The van der Waals surface area contributed by atoms with Crippen LogP contribution in [0.3, 0.4) is 0 Å². The maximum atomic E-state index is 8.56. The SMILES string of the molecule is CCN(CCC#N)c1ncnc(OC)c1N. The molecule has 1 aromatic rings. The molecule has 1 heterocycles. The first-order valence-electron chi connectivity index (χ1n) is 5.00. The Morgan fingerprint density at radius 3 is 2.88 bits per heavy atom. The van der Waals surface area contributed by atoms with Crippen molar-refractivity contribution in [3.8, 4) is 11.9 Å². The molecule has 1 aromatic heterocycles. The van der Waals surface area contributed by atoms with Gasteiger partial charge in [0.25, 0.3) is 0 Å². The van der Waals surface area contributed by atoms with Gasteiger partial charge in [0.1, 0.15) is 12.0 Å². The molecule has 2 N–H and O–H groups in total. The van der Waals surface area contributed by atoms with Crippen LogP contribution in [0.4, 0.5) is 11.5 Å². The van der Waals surface area contributed by atoms with E-state index >= 15 is 0 Å². The fourth-order valence-electron chi connectivity index (χ4n) is 1.38. The standard InChI is InChI=1S/C10H15N5O/c1-3-15(6-4-5-11)9-8(12)10(16-2)14-7-13-9/h7H,3-4,6,12H2,1-2H3. The Morgan fingerprint density at radius 2 is 2.31 bits per heavy atom. The fourth-order valence-corrected chi connectivity index (χ4v) is 1.38. The molecule has 0 aliphatic rings. The number of anilines is 2. The van der Waals surface area contributed by atoms with Gasteiger partial charge in [-0.15, -0.1) is 0 Å². The minimum absolute atomic E-state index is 0.361. The van der Waals surface area contributed by atoms with Crippen molar-refractivity contribution in [3.63, 3.8) is 0 Å². The van der Waals surface area contributed by atoms with Crippen molar-refractivity contribution in [2.24, 2.45) is 0 Å². The number of nitrogens with zero attached hydrogens (tertiary/aromatic N) is 4. The second-order valence-corrected chi connectivity index (χ2v) is 3.11. The summed E-state index contributed by atoms with van der Waals surface area (Å²) < 4.78 is 5.02. The van der Waals surface area contributed by atoms with Crippen molar-refractivity contribution in [1.82, 2.24) is 9.97 Å². The first-order valence-corrected chi connectivity index (χ1v) is 5.00. The highest BCUT2D eigenvalue weighted by atomic mass is 16.5. The molecule has 0 bridgehead atoms. The smallest absolute Gasteiger partial charge is 0.242 e. The number of rotatable bonds is 5. The van der Waals surface area contributed by atoms with Crippen LogP contribution in [-0.4, -0.2) is 30.2 Å². The first kappa shape index (κ1) is 12.0. The number of hydrogen-bond donors (Lipinski definition) is 1. The van der Waals surface area contributed by atoms with Crippen molar-refractivity contribution in [2.45, 2.75) is 13.3 Å². The monoisotopic (exact) mass is 221 g/mol. The molecule has 0 fully saturated rings. The summed E-state index contributed by atoms with van der Waals surface area (Å²) in [5.41, 5.74) is 6.27. The average Bonchev–Trinajstić information content (AvgIpc) is 2.32. The van der Waals surface area contributed by atoms with Gasteiger partial charge in [0.2, 0.25) is 5.88 Å². The molecule has 0 unspecified atom stereocenters. The lowest BCUT2D eigenvalue weighted by Crippen LogP contribution is -2.26. The van der Waals surface area contributed by atoms with Gasteiger partial charge in [0.05, 0.1) is 19.6 Å². The Hall–Kier alpha value is -2.03. The lowest BCUT2D eigenvalue weighted by molar-refractivity contribution is 0.399. The second kappa shape index (κ2) is 5.75. The predicted molar refractivity (Wildman–Crippen MR) is 61.1 cm³/mol. The van der Waals surface area contributed by atoms with E-state index in [2.05, 4.69) is 16.0 Å². The second-order valence-electron chi connectivity index (χ2n) is 3.11. The molecule has 6 heteroatoms. The van der Waals surface area contributed by atoms with Crippen LogP contribution in [0.25, 0.3) is 0 Å². The number of hydrogen-bond acceptors (Lipinski definition) is 6. The van der Waals surface area contributed by atoms with Gasteiger partial charge >= 0.3 is 0 Å². The molecular weight excluding hydrogens is 206 g/mol. The summed E-state index contributed by atoms with van der Waals surface area (Å²) in [6.07, 6.45) is 1.83. The van der Waals surface area contributed by atoms with E-state index in [4.69, 9.17) is 15.7 Å². The van der Waals surface area contributed by atoms with Crippen LogP contribution in [0, 0.1) is 11.3 Å². The molecular formula is C10H15N5O. The molecule has 0 saturated heterocycles. The Bertz CT molecular complexity index is 387. The Morgan fingerprint density at radius 1 is 1.56 bits per heavy atom. The summed E-state index contributed by atoms with van der Waals surface area (Å²) >= 11 is 0. The zero-order valence-electron chi connectivity index (χ0n) is 9.47. The third-order valence-corrected chi connectivity index (χ3v) is 2.19. The minimum Gasteiger partial charge on any atom is -0.479 e. The molecule has 0 amide bonds. The number of nitrogen functional groups attached to an aromatic ring is 1. The van der Waals surface area contributed by atoms with Gasteiger partial charge < -0.3 is 15.4 Å². The molecule has 0 aliphatic carbocycles. The Kier molecular flexibility index (Phi) is 4.33. The van der Waals surface area contributed by atoms with Crippen LogP contribution in [-0.2, 0) is 0 Å². The average molecular weight is 221 g/mol. The molecule has 0 spiro atoms. The lowest BCUT2D eigenvalue weighted by atomic mass is 10.3. The van der Waals surface area contributed by atoms with Crippen LogP contribution in [0.2, 0.25) is 0 Å². The van der Waals surface area contributed by atoms with E-state index in [1.165, 1.54) is 13.4 Å². The first-order chi connectivity index (χ1) is 7.74. The highest BCUT2D eigenvalue weighted by molar-refractivity contribution is 5.67. The van der Waals surface area contributed by atoms with E-state index in [1.807, 2.05) is 11.8 Å². The molecule has 1 rings (SSSR count). The van der Waals surface area contributed by atoms with E-state index in [9.17, 15) is 0 Å². The highest BCUT2D eigenvalue weighted by Gasteiger charge is 2.13. The molecule has 0 aromatic carbocycles. The van der Waals surface area contributed by atoms with E-state index in [0.717, 1.165) is 6.54 Å². The van der Waals surface area contributed by atoms with Gasteiger partial charge in [-0.05, 0) is 6.92 Å². The fraction of sp³-hybridized carbons (Fsp3) is 0.500. The van der Waals surface area contributed by atoms with E-state index in [-0.39, 0.29) is 0 Å². The van der Waals surface area contributed by atoms with E-state index < -0.39 is 0 Å². The zero-order chi connectivity index (χ0) is 12.0. The summed E-state index contributed by atoms with van der Waals surface area (Å²) in [6, 6.07) is 2.09. The van der Waals surface area contributed by atoms with Crippen molar-refractivity contribution < 1.29 is 4.74 Å². The van der Waals surface area contributed by atoms with Gasteiger partial charge in [-0.2, -0.15) is 10.2 Å². The summed E-state index contributed by atoms with van der Waals surface area (Å²) in [4.78, 5) is 9.94. The quantitative estimate of drug-likeness (QED) is 0.791. The largest absolute Gasteiger partial charge is 0.479 e.